The molecule has 2 rings (SSSR count). The zero-order chi connectivity index (χ0) is 11.4. The molecule has 0 aliphatic heterocycles. The maximum atomic E-state index is 10.9. The van der Waals surface area contributed by atoms with Crippen molar-refractivity contribution in [3.05, 3.63) is 29.3 Å². The smallest absolute Gasteiger partial charge is 0.153 e. The quantitative estimate of drug-likeness (QED) is 0.725. The largest absolute Gasteiger partial charge is 0.489 e. The van der Waals surface area contributed by atoms with Crippen molar-refractivity contribution >= 4 is 6.29 Å². The van der Waals surface area contributed by atoms with Crippen LogP contribution in [0.25, 0.3) is 0 Å². The van der Waals surface area contributed by atoms with Gasteiger partial charge in [-0.2, -0.15) is 0 Å². The summed E-state index contributed by atoms with van der Waals surface area (Å²) in [6.45, 7) is 1.99. The number of benzene rings is 1. The summed E-state index contributed by atoms with van der Waals surface area (Å²) in [5, 5.41) is 0. The molecule has 1 fully saturated rings. The van der Waals surface area contributed by atoms with Gasteiger partial charge in [0.2, 0.25) is 0 Å². The summed E-state index contributed by atoms with van der Waals surface area (Å²) in [5.74, 6) is 0.782. The molecule has 0 atom stereocenters. The van der Waals surface area contributed by atoms with Crippen LogP contribution in [0.4, 0.5) is 0 Å². The number of hydrogen-bond acceptors (Lipinski definition) is 2. The van der Waals surface area contributed by atoms with Gasteiger partial charge in [0.15, 0.2) is 6.29 Å². The molecule has 0 N–H and O–H groups in total. The molecule has 0 aromatic heterocycles. The summed E-state index contributed by atoms with van der Waals surface area (Å²) in [4.78, 5) is 10.9. The molecule has 1 aliphatic carbocycles. The topological polar surface area (TPSA) is 26.3 Å². The molecule has 16 heavy (non-hydrogen) atoms. The van der Waals surface area contributed by atoms with Crippen molar-refractivity contribution in [2.24, 2.45) is 0 Å². The average molecular weight is 218 g/mol. The van der Waals surface area contributed by atoms with Gasteiger partial charge in [-0.3, -0.25) is 4.79 Å². The predicted molar refractivity (Wildman–Crippen MR) is 64.1 cm³/mol. The number of aryl methyl sites for hydroxylation is 1. The van der Waals surface area contributed by atoms with E-state index in [1.807, 2.05) is 25.1 Å². The SMILES string of the molecule is Cc1cccc(C=O)c1OC1CCCCC1. The van der Waals surface area contributed by atoms with Crippen molar-refractivity contribution in [2.75, 3.05) is 0 Å². The summed E-state index contributed by atoms with van der Waals surface area (Å²) < 4.78 is 5.98. The van der Waals surface area contributed by atoms with Crippen molar-refractivity contribution in [1.82, 2.24) is 0 Å². The first-order valence-corrected chi connectivity index (χ1v) is 6.02. The Bertz CT molecular complexity index is 365. The molecule has 1 aromatic rings. The molecule has 86 valence electrons. The molecule has 2 heteroatoms. The minimum atomic E-state index is 0.300. The standard InChI is InChI=1S/C14H18O2/c1-11-6-5-7-12(10-15)14(11)16-13-8-3-2-4-9-13/h5-7,10,13H,2-4,8-9H2,1H3. The molecule has 0 spiro atoms. The van der Waals surface area contributed by atoms with Gasteiger partial charge in [0.25, 0.3) is 0 Å². The van der Waals surface area contributed by atoms with E-state index in [-0.39, 0.29) is 0 Å². The normalized spacial score (nSPS) is 17.1. The lowest BCUT2D eigenvalue weighted by molar-refractivity contribution is 0.110. The number of ether oxygens (including phenoxy) is 1. The first kappa shape index (κ1) is 11.2. The van der Waals surface area contributed by atoms with E-state index >= 15 is 0 Å². The van der Waals surface area contributed by atoms with Crippen LogP contribution in [-0.4, -0.2) is 12.4 Å². The fraction of sp³-hybridized carbons (Fsp3) is 0.500. The van der Waals surface area contributed by atoms with Crippen LogP contribution in [0.1, 0.15) is 48.0 Å². The maximum Gasteiger partial charge on any atom is 0.153 e. The molecule has 1 aliphatic rings. The molecule has 1 aromatic carbocycles. The van der Waals surface area contributed by atoms with Gasteiger partial charge in [0.1, 0.15) is 5.75 Å². The maximum absolute atomic E-state index is 10.9. The number of rotatable bonds is 3. The molecule has 2 nitrogen and oxygen atoms in total. The second-order valence-corrected chi connectivity index (χ2v) is 4.49. The minimum absolute atomic E-state index is 0.300. The Morgan fingerprint density at radius 2 is 2.00 bits per heavy atom. The van der Waals surface area contributed by atoms with Gasteiger partial charge in [-0.05, 0) is 44.2 Å². The van der Waals surface area contributed by atoms with Gasteiger partial charge in [0.05, 0.1) is 11.7 Å². The van der Waals surface area contributed by atoms with Crippen LogP contribution in [0.15, 0.2) is 18.2 Å². The first-order valence-electron chi connectivity index (χ1n) is 6.02. The van der Waals surface area contributed by atoms with Crippen LogP contribution in [0.5, 0.6) is 5.75 Å². The average Bonchev–Trinajstić information content (AvgIpc) is 2.33. The Kier molecular flexibility index (Phi) is 3.60. The molecule has 1 saturated carbocycles. The molecular formula is C14H18O2. The monoisotopic (exact) mass is 218 g/mol. The molecule has 0 unspecified atom stereocenters. The number of carbonyl (C=O) groups excluding carboxylic acids is 1. The highest BCUT2D eigenvalue weighted by Gasteiger charge is 2.17. The zero-order valence-corrected chi connectivity index (χ0v) is 9.74. The van der Waals surface area contributed by atoms with E-state index in [1.165, 1.54) is 19.3 Å². The third kappa shape index (κ3) is 2.43. The fourth-order valence-corrected chi connectivity index (χ4v) is 2.28. The second-order valence-electron chi connectivity index (χ2n) is 4.49. The van der Waals surface area contributed by atoms with E-state index in [2.05, 4.69) is 0 Å². The highest BCUT2D eigenvalue weighted by atomic mass is 16.5. The van der Waals surface area contributed by atoms with Crippen LogP contribution in [-0.2, 0) is 0 Å². The van der Waals surface area contributed by atoms with Crippen LogP contribution < -0.4 is 4.74 Å². The molecule has 0 radical (unpaired) electrons. The van der Waals surface area contributed by atoms with E-state index in [9.17, 15) is 4.79 Å². The van der Waals surface area contributed by atoms with Gasteiger partial charge in [-0.15, -0.1) is 0 Å². The first-order chi connectivity index (χ1) is 7.81. The summed E-state index contributed by atoms with van der Waals surface area (Å²) in [5.41, 5.74) is 1.72. The van der Waals surface area contributed by atoms with Gasteiger partial charge in [0, 0.05) is 0 Å². The van der Waals surface area contributed by atoms with Crippen molar-refractivity contribution in [1.29, 1.82) is 0 Å². The lowest BCUT2D eigenvalue weighted by Gasteiger charge is -2.24. The van der Waals surface area contributed by atoms with E-state index < -0.39 is 0 Å². The molecule has 0 amide bonds. The third-order valence-electron chi connectivity index (χ3n) is 3.21. The third-order valence-corrected chi connectivity index (χ3v) is 3.21. The van der Waals surface area contributed by atoms with Gasteiger partial charge >= 0.3 is 0 Å². The summed E-state index contributed by atoms with van der Waals surface area (Å²) in [6, 6.07) is 5.70. The number of hydrogen-bond donors (Lipinski definition) is 0. The van der Waals surface area contributed by atoms with Gasteiger partial charge < -0.3 is 4.74 Å². The summed E-state index contributed by atoms with van der Waals surface area (Å²) in [7, 11) is 0. The zero-order valence-electron chi connectivity index (χ0n) is 9.74. The van der Waals surface area contributed by atoms with E-state index in [0.717, 1.165) is 30.4 Å². The second kappa shape index (κ2) is 5.15. The van der Waals surface area contributed by atoms with Gasteiger partial charge in [-0.1, -0.05) is 18.6 Å². The van der Waals surface area contributed by atoms with Crippen molar-refractivity contribution in [2.45, 2.75) is 45.1 Å². The van der Waals surface area contributed by atoms with Gasteiger partial charge in [-0.25, -0.2) is 0 Å². The Morgan fingerprint density at radius 3 is 2.69 bits per heavy atom. The van der Waals surface area contributed by atoms with Crippen LogP contribution >= 0.6 is 0 Å². The number of para-hydroxylation sites is 1. The Hall–Kier alpha value is -1.31. The lowest BCUT2D eigenvalue weighted by atomic mass is 9.97. The molecule has 0 bridgehead atoms. The van der Waals surface area contributed by atoms with Crippen LogP contribution in [0.2, 0.25) is 0 Å². The molecule has 0 heterocycles. The van der Waals surface area contributed by atoms with Crippen molar-refractivity contribution in [3.8, 4) is 5.75 Å². The Labute approximate surface area is 96.6 Å². The van der Waals surface area contributed by atoms with Crippen molar-refractivity contribution < 1.29 is 9.53 Å². The Morgan fingerprint density at radius 1 is 1.25 bits per heavy atom. The van der Waals surface area contributed by atoms with E-state index in [4.69, 9.17) is 4.74 Å². The lowest BCUT2D eigenvalue weighted by Crippen LogP contribution is -2.20. The number of carbonyl (C=O) groups is 1. The minimum Gasteiger partial charge on any atom is -0.489 e. The highest BCUT2D eigenvalue weighted by Crippen LogP contribution is 2.27. The van der Waals surface area contributed by atoms with Crippen molar-refractivity contribution in [3.63, 3.8) is 0 Å². The Balaban J connectivity index is 2.15. The van der Waals surface area contributed by atoms with E-state index in [0.29, 0.717) is 11.7 Å². The molecule has 0 saturated heterocycles. The van der Waals surface area contributed by atoms with Crippen LogP contribution in [0, 0.1) is 6.92 Å². The summed E-state index contributed by atoms with van der Waals surface area (Å²) in [6.07, 6.45) is 7.21. The van der Waals surface area contributed by atoms with E-state index in [1.54, 1.807) is 0 Å². The van der Waals surface area contributed by atoms with Crippen LogP contribution in [0.3, 0.4) is 0 Å². The summed E-state index contributed by atoms with van der Waals surface area (Å²) >= 11 is 0. The fourth-order valence-electron chi connectivity index (χ4n) is 2.28. The predicted octanol–water partition coefficient (Wildman–Crippen LogP) is 3.52. The highest BCUT2D eigenvalue weighted by molar-refractivity contribution is 5.80. The molecular weight excluding hydrogens is 200 g/mol. The number of aldehydes is 1.